The second kappa shape index (κ2) is 8.28. The van der Waals surface area contributed by atoms with E-state index in [4.69, 9.17) is 16.3 Å². The van der Waals surface area contributed by atoms with Crippen molar-refractivity contribution in [2.24, 2.45) is 0 Å². The fourth-order valence-electron chi connectivity index (χ4n) is 3.08. The topological polar surface area (TPSA) is 56.6 Å². The van der Waals surface area contributed by atoms with Gasteiger partial charge in [-0.05, 0) is 43.3 Å². The molecule has 0 aliphatic carbocycles. The van der Waals surface area contributed by atoms with Crippen LogP contribution in [-0.2, 0) is 4.79 Å². The van der Waals surface area contributed by atoms with Gasteiger partial charge in [-0.15, -0.1) is 0 Å². The molecule has 0 spiro atoms. The van der Waals surface area contributed by atoms with Gasteiger partial charge in [-0.3, -0.25) is 4.79 Å². The van der Waals surface area contributed by atoms with Gasteiger partial charge < -0.3 is 14.5 Å². The number of halogens is 2. The minimum atomic E-state index is -0.664. The molecule has 1 amide bonds. The number of benzene rings is 2. The van der Waals surface area contributed by atoms with Gasteiger partial charge in [0, 0.05) is 26.2 Å². The van der Waals surface area contributed by atoms with Gasteiger partial charge in [0.2, 0.25) is 0 Å². The zero-order chi connectivity index (χ0) is 19.4. The van der Waals surface area contributed by atoms with E-state index in [-0.39, 0.29) is 11.7 Å². The largest absolute Gasteiger partial charge is 0.481 e. The number of ether oxygens (including phenoxy) is 1. The molecule has 0 aromatic heterocycles. The van der Waals surface area contributed by atoms with Crippen LogP contribution in [0.15, 0.2) is 42.5 Å². The molecule has 140 valence electrons. The van der Waals surface area contributed by atoms with Crippen LogP contribution in [-0.4, -0.2) is 43.1 Å². The van der Waals surface area contributed by atoms with Gasteiger partial charge in [0.05, 0.1) is 16.3 Å². The Balaban J connectivity index is 1.60. The summed E-state index contributed by atoms with van der Waals surface area (Å²) in [5.74, 6) is -0.0192. The number of piperazine rings is 1. The Morgan fingerprint density at radius 1 is 1.19 bits per heavy atom. The third-order valence-corrected chi connectivity index (χ3v) is 4.82. The molecule has 3 rings (SSSR count). The molecule has 2 aromatic carbocycles. The van der Waals surface area contributed by atoms with Crippen molar-refractivity contribution < 1.29 is 13.9 Å². The van der Waals surface area contributed by atoms with Crippen molar-refractivity contribution in [3.63, 3.8) is 0 Å². The predicted molar refractivity (Wildman–Crippen MR) is 101 cm³/mol. The highest BCUT2D eigenvalue weighted by molar-refractivity contribution is 6.32. The molecule has 1 saturated heterocycles. The van der Waals surface area contributed by atoms with Gasteiger partial charge in [-0.25, -0.2) is 4.39 Å². The van der Waals surface area contributed by atoms with Crippen LogP contribution in [0.1, 0.15) is 12.5 Å². The van der Waals surface area contributed by atoms with Crippen LogP contribution in [0.4, 0.5) is 10.1 Å². The summed E-state index contributed by atoms with van der Waals surface area (Å²) < 4.78 is 18.6. The Morgan fingerprint density at radius 3 is 2.48 bits per heavy atom. The van der Waals surface area contributed by atoms with Crippen LogP contribution >= 0.6 is 11.6 Å². The van der Waals surface area contributed by atoms with Crippen molar-refractivity contribution in [3.8, 4) is 11.8 Å². The summed E-state index contributed by atoms with van der Waals surface area (Å²) in [6.45, 7) is 3.93. The van der Waals surface area contributed by atoms with Crippen molar-refractivity contribution in [2.45, 2.75) is 13.0 Å². The maximum absolute atomic E-state index is 13.0. The predicted octanol–water partition coefficient (Wildman–Crippen LogP) is 3.47. The number of carbonyl (C=O) groups is 1. The molecule has 1 aliphatic heterocycles. The number of carbonyl (C=O) groups excluding carboxylic acids is 1. The van der Waals surface area contributed by atoms with Crippen molar-refractivity contribution >= 4 is 23.2 Å². The maximum atomic E-state index is 13.0. The number of nitriles is 1. The van der Waals surface area contributed by atoms with E-state index in [0.29, 0.717) is 42.5 Å². The Morgan fingerprint density at radius 2 is 1.85 bits per heavy atom. The first-order chi connectivity index (χ1) is 13.0. The van der Waals surface area contributed by atoms with Crippen LogP contribution < -0.4 is 9.64 Å². The Labute approximate surface area is 162 Å². The van der Waals surface area contributed by atoms with Gasteiger partial charge in [-0.1, -0.05) is 17.7 Å². The van der Waals surface area contributed by atoms with E-state index < -0.39 is 6.10 Å². The molecule has 0 N–H and O–H groups in total. The minimum absolute atomic E-state index is 0.120. The lowest BCUT2D eigenvalue weighted by atomic mass is 10.1. The second-order valence-electron chi connectivity index (χ2n) is 6.27. The minimum Gasteiger partial charge on any atom is -0.481 e. The standard InChI is InChI=1S/C20H19ClFN3O2/c1-14(27-16-7-5-15(22)6-8-16)20(26)25-11-9-24(10-12-25)19-4-2-3-18(21)17(19)13-23/h2-8,14H,9-12H2,1H3. The number of hydrogen-bond donors (Lipinski definition) is 0. The van der Waals surface area contributed by atoms with Crippen LogP contribution in [0.2, 0.25) is 5.02 Å². The van der Waals surface area contributed by atoms with Crippen LogP contribution in [0, 0.1) is 17.1 Å². The fourth-order valence-corrected chi connectivity index (χ4v) is 3.29. The summed E-state index contributed by atoms with van der Waals surface area (Å²) in [5.41, 5.74) is 1.24. The highest BCUT2D eigenvalue weighted by Crippen LogP contribution is 2.27. The lowest BCUT2D eigenvalue weighted by Crippen LogP contribution is -2.52. The van der Waals surface area contributed by atoms with E-state index in [1.54, 1.807) is 17.9 Å². The lowest BCUT2D eigenvalue weighted by Gasteiger charge is -2.37. The molecule has 0 radical (unpaired) electrons. The Hall–Kier alpha value is -2.78. The average Bonchev–Trinajstić information content (AvgIpc) is 2.69. The molecule has 27 heavy (non-hydrogen) atoms. The molecular formula is C20H19ClFN3O2. The number of amides is 1. The van der Waals surface area contributed by atoms with Gasteiger partial charge in [0.25, 0.3) is 5.91 Å². The fraction of sp³-hybridized carbons (Fsp3) is 0.300. The number of hydrogen-bond acceptors (Lipinski definition) is 4. The molecule has 0 bridgehead atoms. The van der Waals surface area contributed by atoms with E-state index in [0.717, 1.165) is 5.69 Å². The van der Waals surface area contributed by atoms with E-state index >= 15 is 0 Å². The van der Waals surface area contributed by atoms with Gasteiger partial charge in [0.15, 0.2) is 6.10 Å². The average molecular weight is 388 g/mol. The maximum Gasteiger partial charge on any atom is 0.263 e. The van der Waals surface area contributed by atoms with Crippen LogP contribution in [0.5, 0.6) is 5.75 Å². The normalized spacial score (nSPS) is 15.2. The van der Waals surface area contributed by atoms with E-state index in [1.807, 2.05) is 12.1 Å². The van der Waals surface area contributed by atoms with Crippen molar-refractivity contribution in [1.29, 1.82) is 5.26 Å². The molecule has 1 heterocycles. The molecular weight excluding hydrogens is 369 g/mol. The van der Waals surface area contributed by atoms with Crippen molar-refractivity contribution in [2.75, 3.05) is 31.1 Å². The first-order valence-electron chi connectivity index (χ1n) is 8.64. The lowest BCUT2D eigenvalue weighted by molar-refractivity contribution is -0.138. The van der Waals surface area contributed by atoms with Crippen molar-refractivity contribution in [1.82, 2.24) is 4.90 Å². The summed E-state index contributed by atoms with van der Waals surface area (Å²) in [5, 5.41) is 9.76. The summed E-state index contributed by atoms with van der Waals surface area (Å²) in [6, 6.07) is 13.1. The van der Waals surface area contributed by atoms with Crippen LogP contribution in [0.3, 0.4) is 0 Å². The highest BCUT2D eigenvalue weighted by atomic mass is 35.5. The molecule has 2 aromatic rings. The van der Waals surface area contributed by atoms with E-state index in [1.165, 1.54) is 24.3 Å². The molecule has 5 nitrogen and oxygen atoms in total. The Bertz CT molecular complexity index is 859. The number of rotatable bonds is 4. The van der Waals surface area contributed by atoms with E-state index in [9.17, 15) is 14.4 Å². The number of anilines is 1. The molecule has 7 heteroatoms. The first-order valence-corrected chi connectivity index (χ1v) is 9.02. The summed E-state index contributed by atoms with van der Waals surface area (Å²) >= 11 is 6.10. The second-order valence-corrected chi connectivity index (χ2v) is 6.68. The first kappa shape index (κ1) is 19.0. The quantitative estimate of drug-likeness (QED) is 0.806. The molecule has 1 fully saturated rings. The van der Waals surface area contributed by atoms with Gasteiger partial charge in [-0.2, -0.15) is 5.26 Å². The summed E-state index contributed by atoms with van der Waals surface area (Å²) in [6.07, 6.45) is -0.664. The molecule has 1 atom stereocenters. The third-order valence-electron chi connectivity index (χ3n) is 4.51. The highest BCUT2D eigenvalue weighted by Gasteiger charge is 2.27. The van der Waals surface area contributed by atoms with Gasteiger partial charge in [0.1, 0.15) is 17.6 Å². The third kappa shape index (κ3) is 4.32. The number of nitrogens with zero attached hydrogens (tertiary/aromatic N) is 3. The summed E-state index contributed by atoms with van der Waals surface area (Å²) in [7, 11) is 0. The van der Waals surface area contributed by atoms with Gasteiger partial charge >= 0.3 is 0 Å². The van der Waals surface area contributed by atoms with E-state index in [2.05, 4.69) is 11.0 Å². The van der Waals surface area contributed by atoms with Crippen LogP contribution in [0.25, 0.3) is 0 Å². The summed E-state index contributed by atoms with van der Waals surface area (Å²) in [4.78, 5) is 16.4. The zero-order valence-corrected chi connectivity index (χ0v) is 15.6. The molecule has 0 saturated carbocycles. The Kier molecular flexibility index (Phi) is 5.82. The smallest absolute Gasteiger partial charge is 0.263 e. The molecule has 1 aliphatic rings. The van der Waals surface area contributed by atoms with Crippen molar-refractivity contribution in [3.05, 3.63) is 58.9 Å². The SMILES string of the molecule is CC(Oc1ccc(F)cc1)C(=O)N1CCN(c2cccc(Cl)c2C#N)CC1. The molecule has 1 unspecified atom stereocenters. The monoisotopic (exact) mass is 387 g/mol. The zero-order valence-electron chi connectivity index (χ0n) is 14.9.